The molecule has 21 heavy (non-hydrogen) atoms. The average molecular weight is 296 g/mol. The molecule has 0 aromatic rings. The van der Waals surface area contributed by atoms with Crippen molar-refractivity contribution in [3.05, 3.63) is 0 Å². The zero-order valence-corrected chi connectivity index (χ0v) is 13.9. The molecule has 0 bridgehead atoms. The molecule has 0 radical (unpaired) electrons. The molecule has 4 nitrogen and oxygen atoms in total. The summed E-state index contributed by atoms with van der Waals surface area (Å²) in [6, 6.07) is 0. The Morgan fingerprint density at radius 2 is 2.19 bits per heavy atom. The van der Waals surface area contributed by atoms with Gasteiger partial charge in [-0.3, -0.25) is 9.59 Å². The highest BCUT2D eigenvalue weighted by Crippen LogP contribution is 2.51. The highest BCUT2D eigenvalue weighted by Gasteiger charge is 2.56. The topological polar surface area (TPSA) is 52.6 Å². The first-order valence-electron chi connectivity index (χ1n) is 8.14. The molecule has 2 aliphatic rings. The Balaban J connectivity index is 1.98. The summed E-state index contributed by atoms with van der Waals surface area (Å²) >= 11 is 0. The first kappa shape index (κ1) is 16.3. The Kier molecular flexibility index (Phi) is 4.36. The van der Waals surface area contributed by atoms with E-state index in [0.717, 1.165) is 25.7 Å². The van der Waals surface area contributed by atoms with Gasteiger partial charge >= 0.3 is 11.9 Å². The molecule has 2 fully saturated rings. The number of ether oxygens (including phenoxy) is 2. The number of esters is 2. The molecule has 1 saturated heterocycles. The summed E-state index contributed by atoms with van der Waals surface area (Å²) in [6.07, 6.45) is 3.41. The first-order valence-corrected chi connectivity index (χ1v) is 8.14. The number of hydrogen-bond acceptors (Lipinski definition) is 4. The summed E-state index contributed by atoms with van der Waals surface area (Å²) in [7, 11) is 0. The Morgan fingerprint density at radius 3 is 2.76 bits per heavy atom. The van der Waals surface area contributed by atoms with Crippen LogP contribution in [-0.4, -0.2) is 24.6 Å². The van der Waals surface area contributed by atoms with E-state index in [-0.39, 0.29) is 41.9 Å². The number of fused-ring (bicyclic) bond motifs is 1. The van der Waals surface area contributed by atoms with E-state index < -0.39 is 5.41 Å². The average Bonchev–Trinajstić information content (AvgIpc) is 2.93. The zero-order valence-electron chi connectivity index (χ0n) is 13.9. The van der Waals surface area contributed by atoms with Crippen molar-refractivity contribution in [3.8, 4) is 0 Å². The molecular formula is C17H28O4. The van der Waals surface area contributed by atoms with Crippen LogP contribution in [-0.2, 0) is 19.1 Å². The summed E-state index contributed by atoms with van der Waals surface area (Å²) in [5, 5.41) is 0. The van der Waals surface area contributed by atoms with E-state index in [4.69, 9.17) is 9.47 Å². The fraction of sp³-hybridized carbons (Fsp3) is 0.882. The van der Waals surface area contributed by atoms with Gasteiger partial charge in [0.05, 0.1) is 10.8 Å². The summed E-state index contributed by atoms with van der Waals surface area (Å²) in [5.41, 5.74) is -0.829. The SMILES string of the molecule is CCC(C)(C(=O)OCC1OC(=O)C2(C)CCCC12)C(C)C. The van der Waals surface area contributed by atoms with E-state index in [1.807, 2.05) is 34.6 Å². The van der Waals surface area contributed by atoms with Gasteiger partial charge in [0.25, 0.3) is 0 Å². The molecule has 4 heteroatoms. The molecule has 0 aromatic carbocycles. The lowest BCUT2D eigenvalue weighted by Gasteiger charge is -2.30. The number of hydrogen-bond donors (Lipinski definition) is 0. The van der Waals surface area contributed by atoms with E-state index >= 15 is 0 Å². The van der Waals surface area contributed by atoms with Gasteiger partial charge in [0.1, 0.15) is 12.7 Å². The molecule has 120 valence electrons. The maximum atomic E-state index is 12.4. The van der Waals surface area contributed by atoms with Crippen LogP contribution >= 0.6 is 0 Å². The molecule has 0 spiro atoms. The van der Waals surface area contributed by atoms with Gasteiger partial charge in [-0.1, -0.05) is 27.2 Å². The lowest BCUT2D eigenvalue weighted by Crippen LogP contribution is -2.37. The molecule has 2 rings (SSSR count). The van der Waals surface area contributed by atoms with Crippen molar-refractivity contribution in [2.75, 3.05) is 6.61 Å². The van der Waals surface area contributed by atoms with E-state index in [1.54, 1.807) is 0 Å². The smallest absolute Gasteiger partial charge is 0.312 e. The Labute approximate surface area is 127 Å². The minimum atomic E-state index is -0.471. The van der Waals surface area contributed by atoms with Crippen molar-refractivity contribution in [1.29, 1.82) is 0 Å². The normalized spacial score (nSPS) is 34.5. The second kappa shape index (κ2) is 5.62. The number of carbonyl (C=O) groups is 2. The fourth-order valence-electron chi connectivity index (χ4n) is 3.66. The minimum Gasteiger partial charge on any atom is -0.461 e. The molecule has 0 aromatic heterocycles. The van der Waals surface area contributed by atoms with Crippen LogP contribution in [0.5, 0.6) is 0 Å². The van der Waals surface area contributed by atoms with Crippen LogP contribution < -0.4 is 0 Å². The third-order valence-electron chi connectivity index (χ3n) is 6.06. The molecule has 0 N–H and O–H groups in total. The molecule has 1 saturated carbocycles. The molecular weight excluding hydrogens is 268 g/mol. The quantitative estimate of drug-likeness (QED) is 0.730. The van der Waals surface area contributed by atoms with Gasteiger partial charge in [0, 0.05) is 5.92 Å². The lowest BCUT2D eigenvalue weighted by molar-refractivity contribution is -0.165. The predicted molar refractivity (Wildman–Crippen MR) is 79.5 cm³/mol. The van der Waals surface area contributed by atoms with Crippen molar-refractivity contribution in [2.45, 2.75) is 66.4 Å². The van der Waals surface area contributed by atoms with Crippen molar-refractivity contribution < 1.29 is 19.1 Å². The van der Waals surface area contributed by atoms with Gasteiger partial charge in [-0.25, -0.2) is 0 Å². The van der Waals surface area contributed by atoms with Crippen molar-refractivity contribution >= 4 is 11.9 Å². The third-order valence-corrected chi connectivity index (χ3v) is 6.06. The molecule has 4 atom stereocenters. The Bertz CT molecular complexity index is 431. The minimum absolute atomic E-state index is 0.117. The molecule has 1 heterocycles. The predicted octanol–water partition coefficient (Wildman–Crippen LogP) is 3.33. The van der Waals surface area contributed by atoms with E-state index in [0.29, 0.717) is 0 Å². The van der Waals surface area contributed by atoms with Crippen LogP contribution in [0, 0.1) is 22.7 Å². The highest BCUT2D eigenvalue weighted by molar-refractivity contribution is 5.80. The standard InChI is InChI=1S/C17H28O4/c1-6-16(4,11(2)3)14(18)20-10-13-12-8-7-9-17(12,5)15(19)21-13/h11-13H,6-10H2,1-5H3. The van der Waals surface area contributed by atoms with E-state index in [2.05, 4.69) is 0 Å². The number of cyclic esters (lactones) is 1. The van der Waals surface area contributed by atoms with E-state index in [1.165, 1.54) is 0 Å². The Hall–Kier alpha value is -1.06. The summed E-state index contributed by atoms with van der Waals surface area (Å²) in [4.78, 5) is 24.4. The van der Waals surface area contributed by atoms with Crippen molar-refractivity contribution in [1.82, 2.24) is 0 Å². The summed E-state index contributed by atoms with van der Waals surface area (Å²) in [5.74, 6) is 0.124. The van der Waals surface area contributed by atoms with Crippen LogP contribution in [0.25, 0.3) is 0 Å². The fourth-order valence-corrected chi connectivity index (χ4v) is 3.66. The van der Waals surface area contributed by atoms with Crippen LogP contribution in [0.3, 0.4) is 0 Å². The van der Waals surface area contributed by atoms with Crippen LogP contribution in [0.4, 0.5) is 0 Å². The van der Waals surface area contributed by atoms with Gasteiger partial charge in [-0.2, -0.15) is 0 Å². The van der Waals surface area contributed by atoms with Crippen LogP contribution in [0.15, 0.2) is 0 Å². The van der Waals surface area contributed by atoms with E-state index in [9.17, 15) is 9.59 Å². The van der Waals surface area contributed by atoms with Gasteiger partial charge < -0.3 is 9.47 Å². The summed E-state index contributed by atoms with van der Waals surface area (Å²) in [6.45, 7) is 10.2. The second-order valence-corrected chi connectivity index (χ2v) is 7.38. The number of rotatable bonds is 5. The molecule has 4 unspecified atom stereocenters. The van der Waals surface area contributed by atoms with Crippen molar-refractivity contribution in [3.63, 3.8) is 0 Å². The van der Waals surface area contributed by atoms with Gasteiger partial charge in [-0.05, 0) is 39.0 Å². The second-order valence-electron chi connectivity index (χ2n) is 7.38. The number of carbonyl (C=O) groups excluding carboxylic acids is 2. The third kappa shape index (κ3) is 2.58. The highest BCUT2D eigenvalue weighted by atomic mass is 16.6. The maximum absolute atomic E-state index is 12.4. The monoisotopic (exact) mass is 296 g/mol. The molecule has 1 aliphatic heterocycles. The van der Waals surface area contributed by atoms with Gasteiger partial charge in [0.15, 0.2) is 0 Å². The largest absolute Gasteiger partial charge is 0.461 e. The lowest BCUT2D eigenvalue weighted by atomic mass is 9.77. The summed E-state index contributed by atoms with van der Waals surface area (Å²) < 4.78 is 11.0. The molecule has 1 aliphatic carbocycles. The molecule has 0 amide bonds. The Morgan fingerprint density at radius 1 is 1.52 bits per heavy atom. The van der Waals surface area contributed by atoms with Gasteiger partial charge in [0.2, 0.25) is 0 Å². The zero-order chi connectivity index (χ0) is 15.8. The van der Waals surface area contributed by atoms with Crippen LogP contribution in [0.2, 0.25) is 0 Å². The maximum Gasteiger partial charge on any atom is 0.312 e. The van der Waals surface area contributed by atoms with Gasteiger partial charge in [-0.15, -0.1) is 0 Å². The first-order chi connectivity index (χ1) is 9.75. The van der Waals surface area contributed by atoms with Crippen molar-refractivity contribution in [2.24, 2.45) is 22.7 Å². The van der Waals surface area contributed by atoms with Crippen LogP contribution in [0.1, 0.15) is 60.3 Å².